The molecule has 1 aromatic heterocycles. The molecule has 0 saturated heterocycles. The van der Waals surface area contributed by atoms with Crippen molar-refractivity contribution in [2.75, 3.05) is 0 Å². The van der Waals surface area contributed by atoms with Crippen LogP contribution < -0.4 is 5.43 Å². The zero-order valence-electron chi connectivity index (χ0n) is 12.7. The SMILES string of the molecule is C=C(C)C=Cc1c(O)cc2oc3c(O)c(O)ccc3c(=O)c2c1O. The first-order valence-electron chi connectivity index (χ1n) is 7.01. The number of rotatable bonds is 2. The van der Waals surface area contributed by atoms with Gasteiger partial charge in [-0.3, -0.25) is 4.79 Å². The van der Waals surface area contributed by atoms with Crippen molar-refractivity contribution in [1.82, 2.24) is 0 Å². The summed E-state index contributed by atoms with van der Waals surface area (Å²) in [5, 5.41) is 39.7. The van der Waals surface area contributed by atoms with Crippen LogP contribution in [-0.4, -0.2) is 20.4 Å². The second-order valence-electron chi connectivity index (χ2n) is 5.45. The first-order chi connectivity index (χ1) is 11.3. The molecule has 0 unspecified atom stereocenters. The molecule has 6 heteroatoms. The highest BCUT2D eigenvalue weighted by Crippen LogP contribution is 2.39. The van der Waals surface area contributed by atoms with Crippen molar-refractivity contribution in [3.63, 3.8) is 0 Å². The molecular weight excluding hydrogens is 312 g/mol. The van der Waals surface area contributed by atoms with Crippen LogP contribution in [0.5, 0.6) is 23.0 Å². The van der Waals surface area contributed by atoms with E-state index in [4.69, 9.17) is 4.42 Å². The standard InChI is InChI=1S/C18H14O6/c1-8(2)3-4-9-12(20)7-13-14(15(9)21)16(22)10-5-6-11(19)17(23)18(10)24-13/h3-7,19-21,23H,1H2,2H3. The van der Waals surface area contributed by atoms with Crippen LogP contribution in [0, 0.1) is 0 Å². The van der Waals surface area contributed by atoms with Gasteiger partial charge in [0.25, 0.3) is 0 Å². The quantitative estimate of drug-likeness (QED) is 0.326. The van der Waals surface area contributed by atoms with E-state index < -0.39 is 22.7 Å². The van der Waals surface area contributed by atoms with E-state index >= 15 is 0 Å². The Labute approximate surface area is 135 Å². The van der Waals surface area contributed by atoms with Crippen LogP contribution in [0.25, 0.3) is 28.0 Å². The third kappa shape index (κ3) is 2.25. The lowest BCUT2D eigenvalue weighted by Gasteiger charge is -2.09. The molecule has 1 heterocycles. The topological polar surface area (TPSA) is 111 Å². The number of hydrogen-bond donors (Lipinski definition) is 4. The fourth-order valence-electron chi connectivity index (χ4n) is 2.42. The Hall–Kier alpha value is -3.41. The van der Waals surface area contributed by atoms with Gasteiger partial charge in [-0.1, -0.05) is 18.2 Å². The molecule has 122 valence electrons. The van der Waals surface area contributed by atoms with E-state index in [1.54, 1.807) is 13.0 Å². The smallest absolute Gasteiger partial charge is 0.204 e. The summed E-state index contributed by atoms with van der Waals surface area (Å²) >= 11 is 0. The van der Waals surface area contributed by atoms with Crippen LogP contribution in [0.15, 0.2) is 45.6 Å². The van der Waals surface area contributed by atoms with E-state index in [1.807, 2.05) is 0 Å². The molecule has 0 bridgehead atoms. The zero-order chi connectivity index (χ0) is 17.6. The average molecular weight is 326 g/mol. The largest absolute Gasteiger partial charge is 0.507 e. The third-order valence-corrected chi connectivity index (χ3v) is 3.61. The minimum atomic E-state index is -0.593. The number of phenolic OH excluding ortho intramolecular Hbond substituents is 4. The normalized spacial score (nSPS) is 11.5. The summed E-state index contributed by atoms with van der Waals surface area (Å²) in [4.78, 5) is 12.6. The van der Waals surface area contributed by atoms with E-state index in [9.17, 15) is 25.2 Å². The van der Waals surface area contributed by atoms with Crippen molar-refractivity contribution in [3.05, 3.63) is 52.2 Å². The van der Waals surface area contributed by atoms with Crippen LogP contribution >= 0.6 is 0 Å². The lowest BCUT2D eigenvalue weighted by Crippen LogP contribution is -2.03. The summed E-state index contributed by atoms with van der Waals surface area (Å²) in [5.41, 5.74) is -0.184. The van der Waals surface area contributed by atoms with Gasteiger partial charge in [-0.05, 0) is 25.1 Å². The molecule has 4 N–H and O–H groups in total. The fraction of sp³-hybridized carbons (Fsp3) is 0.0556. The molecule has 0 fully saturated rings. The summed E-state index contributed by atoms with van der Waals surface area (Å²) in [6.45, 7) is 5.43. The van der Waals surface area contributed by atoms with Gasteiger partial charge in [0.15, 0.2) is 11.3 Å². The molecule has 0 saturated carbocycles. The number of benzene rings is 2. The van der Waals surface area contributed by atoms with Gasteiger partial charge in [-0.15, -0.1) is 0 Å². The van der Waals surface area contributed by atoms with Crippen molar-refractivity contribution in [2.45, 2.75) is 6.92 Å². The number of fused-ring (bicyclic) bond motifs is 2. The number of phenols is 4. The molecule has 0 aliphatic rings. The average Bonchev–Trinajstić information content (AvgIpc) is 2.50. The minimum absolute atomic E-state index is 0.00591. The Morgan fingerprint density at radius 1 is 1.12 bits per heavy atom. The zero-order valence-corrected chi connectivity index (χ0v) is 12.7. The van der Waals surface area contributed by atoms with Gasteiger partial charge in [0.2, 0.25) is 11.2 Å². The molecule has 0 aliphatic carbocycles. The van der Waals surface area contributed by atoms with Gasteiger partial charge in [0.05, 0.1) is 10.9 Å². The predicted octanol–water partition coefficient (Wildman–Crippen LogP) is 3.36. The monoisotopic (exact) mass is 326 g/mol. The minimum Gasteiger partial charge on any atom is -0.507 e. The summed E-state index contributed by atoms with van der Waals surface area (Å²) < 4.78 is 5.41. The maximum absolute atomic E-state index is 12.6. The van der Waals surface area contributed by atoms with Crippen LogP contribution in [0.3, 0.4) is 0 Å². The number of aromatic hydroxyl groups is 4. The Kier molecular flexibility index (Phi) is 3.45. The lowest BCUT2D eigenvalue weighted by atomic mass is 10.0. The molecule has 0 aliphatic heterocycles. The Morgan fingerprint density at radius 3 is 2.50 bits per heavy atom. The fourth-order valence-corrected chi connectivity index (χ4v) is 2.42. The lowest BCUT2D eigenvalue weighted by molar-refractivity contribution is 0.401. The van der Waals surface area contributed by atoms with Gasteiger partial charge in [0.1, 0.15) is 22.5 Å². The summed E-state index contributed by atoms with van der Waals surface area (Å²) in [5.74, 6) is -1.78. The highest BCUT2D eigenvalue weighted by Gasteiger charge is 2.19. The molecular formula is C18H14O6. The van der Waals surface area contributed by atoms with E-state index in [0.29, 0.717) is 5.57 Å². The highest BCUT2D eigenvalue weighted by atomic mass is 16.4. The van der Waals surface area contributed by atoms with E-state index in [2.05, 4.69) is 6.58 Å². The van der Waals surface area contributed by atoms with Gasteiger partial charge in [-0.2, -0.15) is 0 Å². The van der Waals surface area contributed by atoms with Crippen molar-refractivity contribution >= 4 is 28.0 Å². The van der Waals surface area contributed by atoms with Crippen LogP contribution in [0.1, 0.15) is 12.5 Å². The van der Waals surface area contributed by atoms with Gasteiger partial charge < -0.3 is 24.8 Å². The van der Waals surface area contributed by atoms with Gasteiger partial charge in [0, 0.05) is 6.07 Å². The predicted molar refractivity (Wildman–Crippen MR) is 90.5 cm³/mol. The first-order valence-corrected chi connectivity index (χ1v) is 7.01. The number of allylic oxidation sites excluding steroid dienone is 2. The Bertz CT molecular complexity index is 1090. The Morgan fingerprint density at radius 2 is 1.83 bits per heavy atom. The maximum atomic E-state index is 12.6. The van der Waals surface area contributed by atoms with E-state index in [-0.39, 0.29) is 33.3 Å². The third-order valence-electron chi connectivity index (χ3n) is 3.61. The van der Waals surface area contributed by atoms with Crippen molar-refractivity contribution in [3.8, 4) is 23.0 Å². The van der Waals surface area contributed by atoms with Gasteiger partial charge in [-0.25, -0.2) is 0 Å². The Balaban J connectivity index is 2.47. The number of hydrogen-bond acceptors (Lipinski definition) is 6. The second-order valence-corrected chi connectivity index (χ2v) is 5.45. The molecule has 0 spiro atoms. The van der Waals surface area contributed by atoms with E-state index in [1.165, 1.54) is 12.1 Å². The maximum Gasteiger partial charge on any atom is 0.204 e. The molecule has 24 heavy (non-hydrogen) atoms. The highest BCUT2D eigenvalue weighted by molar-refractivity contribution is 5.98. The molecule has 0 amide bonds. The second kappa shape index (κ2) is 5.34. The van der Waals surface area contributed by atoms with Crippen molar-refractivity contribution < 1.29 is 24.8 Å². The molecule has 3 rings (SSSR count). The van der Waals surface area contributed by atoms with Crippen molar-refractivity contribution in [2.24, 2.45) is 0 Å². The summed E-state index contributed by atoms with van der Waals surface area (Å²) in [6.07, 6.45) is 3.01. The van der Waals surface area contributed by atoms with Crippen LogP contribution in [0.4, 0.5) is 0 Å². The summed E-state index contributed by atoms with van der Waals surface area (Å²) in [7, 11) is 0. The molecule has 0 atom stereocenters. The van der Waals surface area contributed by atoms with E-state index in [0.717, 1.165) is 12.1 Å². The summed E-state index contributed by atoms with van der Waals surface area (Å²) in [6, 6.07) is 3.60. The molecule has 3 aromatic rings. The van der Waals surface area contributed by atoms with Crippen molar-refractivity contribution in [1.29, 1.82) is 0 Å². The van der Waals surface area contributed by atoms with Gasteiger partial charge >= 0.3 is 0 Å². The molecule has 6 nitrogen and oxygen atoms in total. The van der Waals surface area contributed by atoms with Crippen LogP contribution in [0.2, 0.25) is 0 Å². The first kappa shape index (κ1) is 15.5. The van der Waals surface area contributed by atoms with Crippen LogP contribution in [-0.2, 0) is 0 Å². The molecule has 0 radical (unpaired) electrons. The molecule has 2 aromatic carbocycles.